The highest BCUT2D eigenvalue weighted by atomic mass is 32.2. The van der Waals surface area contributed by atoms with Crippen LogP contribution in [0.25, 0.3) is 6.08 Å². The van der Waals surface area contributed by atoms with Crippen LogP contribution in [0.4, 0.5) is 5.69 Å². The molecule has 8 heteroatoms. The van der Waals surface area contributed by atoms with Crippen LogP contribution in [0, 0.1) is 11.3 Å². The molecule has 0 spiro atoms. The number of nitriles is 1. The minimum atomic E-state index is -3.51. The smallest absolute Gasteiger partial charge is 0.241 e. The summed E-state index contributed by atoms with van der Waals surface area (Å²) >= 11 is 0. The number of benzene rings is 2. The van der Waals surface area contributed by atoms with Crippen molar-refractivity contribution in [2.75, 3.05) is 31.5 Å². The Balaban J connectivity index is 1.54. The molecule has 7 nitrogen and oxygen atoms in total. The molecule has 30 heavy (non-hydrogen) atoms. The number of carbonyl (C=O) groups excluding carboxylic acids is 1. The third-order valence-electron chi connectivity index (χ3n) is 5.07. The first-order valence-electron chi connectivity index (χ1n) is 9.67. The third-order valence-corrected chi connectivity index (χ3v) is 6.64. The van der Waals surface area contributed by atoms with Crippen LogP contribution in [0.2, 0.25) is 0 Å². The highest BCUT2D eigenvalue weighted by Crippen LogP contribution is 2.15. The van der Waals surface area contributed by atoms with Gasteiger partial charge < -0.3 is 5.32 Å². The highest BCUT2D eigenvalue weighted by molar-refractivity contribution is 7.92. The number of hydrogen-bond acceptors (Lipinski definition) is 5. The zero-order valence-electron chi connectivity index (χ0n) is 16.7. The van der Waals surface area contributed by atoms with Gasteiger partial charge in [-0.3, -0.25) is 9.69 Å². The molecule has 1 atom stereocenters. The van der Waals surface area contributed by atoms with Gasteiger partial charge in [0, 0.05) is 37.3 Å². The lowest BCUT2D eigenvalue weighted by Gasteiger charge is -2.36. The van der Waals surface area contributed by atoms with Crippen LogP contribution in [0.5, 0.6) is 0 Å². The number of piperazine rings is 1. The molecule has 1 aliphatic rings. The van der Waals surface area contributed by atoms with Crippen LogP contribution < -0.4 is 5.32 Å². The fourth-order valence-corrected chi connectivity index (χ4v) is 4.37. The average molecular weight is 425 g/mol. The summed E-state index contributed by atoms with van der Waals surface area (Å²) in [5.41, 5.74) is 1.98. The molecule has 2 aromatic rings. The maximum absolute atomic E-state index is 12.6. The first kappa shape index (κ1) is 21.7. The van der Waals surface area contributed by atoms with Gasteiger partial charge in [0.05, 0.1) is 17.7 Å². The zero-order chi connectivity index (χ0) is 21.6. The van der Waals surface area contributed by atoms with Crippen molar-refractivity contribution in [2.24, 2.45) is 0 Å². The quantitative estimate of drug-likeness (QED) is 0.769. The van der Waals surface area contributed by atoms with Crippen molar-refractivity contribution < 1.29 is 13.2 Å². The second kappa shape index (κ2) is 9.67. The molecule has 1 saturated heterocycles. The number of amides is 1. The van der Waals surface area contributed by atoms with Crippen molar-refractivity contribution in [3.63, 3.8) is 0 Å². The van der Waals surface area contributed by atoms with Gasteiger partial charge in [-0.2, -0.15) is 9.57 Å². The Kier molecular flexibility index (Phi) is 7.00. The summed E-state index contributed by atoms with van der Waals surface area (Å²) in [4.78, 5) is 14.5. The molecule has 2 aromatic carbocycles. The fourth-order valence-electron chi connectivity index (χ4n) is 3.20. The molecule has 156 valence electrons. The van der Waals surface area contributed by atoms with Crippen molar-refractivity contribution in [3.8, 4) is 6.07 Å². The Bertz CT molecular complexity index is 1040. The standard InChI is InChI=1S/C22H24N4O3S/c1-18(22(27)24-21-9-7-20(17-23)8-10-21)25-12-14-26(15-13-25)30(28,29)16-11-19-5-3-2-4-6-19/h2-11,16,18H,12-15H2,1H3,(H,24,27). The van der Waals surface area contributed by atoms with Crippen molar-refractivity contribution >= 4 is 27.7 Å². The van der Waals surface area contributed by atoms with Crippen molar-refractivity contribution in [1.82, 2.24) is 9.21 Å². The molecule has 0 aromatic heterocycles. The van der Waals surface area contributed by atoms with E-state index in [-0.39, 0.29) is 5.91 Å². The third kappa shape index (κ3) is 5.54. The fraction of sp³-hybridized carbons (Fsp3) is 0.273. The van der Waals surface area contributed by atoms with E-state index in [1.807, 2.05) is 41.3 Å². The number of anilines is 1. The molecule has 1 unspecified atom stereocenters. The van der Waals surface area contributed by atoms with E-state index in [4.69, 9.17) is 5.26 Å². The molecule has 1 heterocycles. The molecular weight excluding hydrogens is 400 g/mol. The van der Waals surface area contributed by atoms with Crippen LogP contribution in [-0.2, 0) is 14.8 Å². The molecule has 0 saturated carbocycles. The number of nitrogens with one attached hydrogen (secondary N) is 1. The first-order chi connectivity index (χ1) is 14.4. The summed E-state index contributed by atoms with van der Waals surface area (Å²) in [5, 5.41) is 12.9. The summed E-state index contributed by atoms with van der Waals surface area (Å²) < 4.78 is 26.6. The Morgan fingerprint density at radius 2 is 1.70 bits per heavy atom. The first-order valence-corrected chi connectivity index (χ1v) is 11.2. The van der Waals surface area contributed by atoms with Crippen LogP contribution >= 0.6 is 0 Å². The van der Waals surface area contributed by atoms with E-state index < -0.39 is 16.1 Å². The van der Waals surface area contributed by atoms with Crippen LogP contribution in [0.1, 0.15) is 18.1 Å². The second-order valence-corrected chi connectivity index (χ2v) is 8.87. The number of nitrogens with zero attached hydrogens (tertiary/aromatic N) is 3. The summed E-state index contributed by atoms with van der Waals surface area (Å²) in [5.74, 6) is -0.167. The predicted molar refractivity (Wildman–Crippen MR) is 117 cm³/mol. The van der Waals surface area contributed by atoms with E-state index in [0.717, 1.165) is 5.56 Å². The van der Waals surface area contributed by atoms with Crippen LogP contribution in [-0.4, -0.2) is 55.8 Å². The molecule has 0 bridgehead atoms. The maximum Gasteiger partial charge on any atom is 0.241 e. The average Bonchev–Trinajstić information content (AvgIpc) is 2.78. The SMILES string of the molecule is CC(C(=O)Nc1ccc(C#N)cc1)N1CCN(S(=O)(=O)C=Cc2ccccc2)CC1. The van der Waals surface area contributed by atoms with E-state index >= 15 is 0 Å². The summed E-state index contributed by atoms with van der Waals surface area (Å²) in [6.07, 6.45) is 1.59. The lowest BCUT2D eigenvalue weighted by atomic mass is 10.2. The highest BCUT2D eigenvalue weighted by Gasteiger charge is 2.29. The normalized spacial score (nSPS) is 16.8. The van der Waals surface area contributed by atoms with Crippen LogP contribution in [0.15, 0.2) is 60.0 Å². The Labute approximate surface area is 177 Å². The van der Waals surface area contributed by atoms with E-state index in [2.05, 4.69) is 5.32 Å². The molecule has 0 radical (unpaired) electrons. The van der Waals surface area contributed by atoms with Gasteiger partial charge in [0.25, 0.3) is 0 Å². The van der Waals surface area contributed by atoms with Gasteiger partial charge >= 0.3 is 0 Å². The number of rotatable bonds is 6. The van der Waals surface area contributed by atoms with E-state index in [1.54, 1.807) is 37.3 Å². The molecule has 1 aliphatic heterocycles. The Morgan fingerprint density at radius 3 is 2.30 bits per heavy atom. The van der Waals surface area contributed by atoms with Gasteiger partial charge in [-0.05, 0) is 42.8 Å². The lowest BCUT2D eigenvalue weighted by molar-refractivity contribution is -0.121. The number of hydrogen-bond donors (Lipinski definition) is 1. The van der Waals surface area contributed by atoms with E-state index in [0.29, 0.717) is 37.4 Å². The minimum absolute atomic E-state index is 0.167. The van der Waals surface area contributed by atoms with Gasteiger partial charge in [0.1, 0.15) is 0 Å². The number of sulfonamides is 1. The minimum Gasteiger partial charge on any atom is -0.325 e. The zero-order valence-corrected chi connectivity index (χ0v) is 17.5. The molecule has 3 rings (SSSR count). The molecule has 1 N–H and O–H groups in total. The van der Waals surface area contributed by atoms with Crippen molar-refractivity contribution in [2.45, 2.75) is 13.0 Å². The monoisotopic (exact) mass is 424 g/mol. The second-order valence-electron chi connectivity index (χ2n) is 7.05. The molecular formula is C22H24N4O3S. The maximum atomic E-state index is 12.6. The Hall–Kier alpha value is -2.99. The Morgan fingerprint density at radius 1 is 1.07 bits per heavy atom. The van der Waals surface area contributed by atoms with Crippen LogP contribution in [0.3, 0.4) is 0 Å². The van der Waals surface area contributed by atoms with Gasteiger partial charge in [0.15, 0.2) is 0 Å². The number of carbonyl (C=O) groups is 1. The largest absolute Gasteiger partial charge is 0.325 e. The molecule has 1 amide bonds. The van der Waals surface area contributed by atoms with Crippen molar-refractivity contribution in [3.05, 3.63) is 71.1 Å². The van der Waals surface area contributed by atoms with Gasteiger partial charge in [-0.1, -0.05) is 30.3 Å². The molecule has 1 fully saturated rings. The summed E-state index contributed by atoms with van der Waals surface area (Å²) in [6.45, 7) is 3.41. The lowest BCUT2D eigenvalue weighted by Crippen LogP contribution is -2.53. The topological polar surface area (TPSA) is 93.5 Å². The summed E-state index contributed by atoms with van der Waals surface area (Å²) in [7, 11) is -3.51. The van der Waals surface area contributed by atoms with E-state index in [1.165, 1.54) is 9.71 Å². The summed E-state index contributed by atoms with van der Waals surface area (Å²) in [6, 6.07) is 17.6. The predicted octanol–water partition coefficient (Wildman–Crippen LogP) is 2.50. The van der Waals surface area contributed by atoms with Gasteiger partial charge in [-0.15, -0.1) is 0 Å². The van der Waals surface area contributed by atoms with Gasteiger partial charge in [-0.25, -0.2) is 8.42 Å². The van der Waals surface area contributed by atoms with Crippen molar-refractivity contribution in [1.29, 1.82) is 5.26 Å². The van der Waals surface area contributed by atoms with E-state index in [9.17, 15) is 13.2 Å². The van der Waals surface area contributed by atoms with Gasteiger partial charge in [0.2, 0.25) is 15.9 Å². The molecule has 0 aliphatic carbocycles.